The summed E-state index contributed by atoms with van der Waals surface area (Å²) in [6.45, 7) is 10.0. The fourth-order valence-corrected chi connectivity index (χ4v) is 1.76. The molecule has 1 aromatic rings. The predicted octanol–water partition coefficient (Wildman–Crippen LogP) is 2.72. The van der Waals surface area contributed by atoms with Crippen molar-refractivity contribution in [2.24, 2.45) is 0 Å². The summed E-state index contributed by atoms with van der Waals surface area (Å²) in [7, 11) is 1.66. The smallest absolute Gasteiger partial charge is 0.162 e. The minimum Gasteiger partial charge on any atom is -0.378 e. The average molecular weight is 267 g/mol. The van der Waals surface area contributed by atoms with Gasteiger partial charge in [-0.25, -0.2) is 9.97 Å². The van der Waals surface area contributed by atoms with E-state index in [-0.39, 0.29) is 0 Å². The highest BCUT2D eigenvalue weighted by molar-refractivity contribution is 5.36. The lowest BCUT2D eigenvalue weighted by Crippen LogP contribution is -2.26. The Balaban J connectivity index is 3.04. The van der Waals surface area contributed by atoms with Crippen LogP contribution in [-0.2, 0) is 21.7 Å². The Bertz CT molecular complexity index is 394. The first-order valence-electron chi connectivity index (χ1n) is 6.78. The Kier molecular flexibility index (Phi) is 6.18. The van der Waals surface area contributed by atoms with Gasteiger partial charge in [0.05, 0.1) is 12.3 Å². The summed E-state index contributed by atoms with van der Waals surface area (Å²) in [5.41, 5.74) is 0.361. The van der Waals surface area contributed by atoms with E-state index < -0.39 is 5.60 Å². The van der Waals surface area contributed by atoms with Gasteiger partial charge in [0.15, 0.2) is 5.82 Å². The molecule has 0 unspecified atom stereocenters. The van der Waals surface area contributed by atoms with E-state index in [1.54, 1.807) is 7.11 Å². The number of methoxy groups -OCH3 is 1. The van der Waals surface area contributed by atoms with Gasteiger partial charge in [-0.05, 0) is 27.2 Å². The number of hydrogen-bond acceptors (Lipinski definition) is 5. The maximum Gasteiger partial charge on any atom is 0.162 e. The van der Waals surface area contributed by atoms with Crippen LogP contribution < -0.4 is 5.32 Å². The average Bonchev–Trinajstić information content (AvgIpc) is 2.36. The molecule has 1 aromatic heterocycles. The third-order valence-electron chi connectivity index (χ3n) is 2.67. The second-order valence-corrected chi connectivity index (χ2v) is 4.87. The van der Waals surface area contributed by atoms with Gasteiger partial charge in [0, 0.05) is 26.3 Å². The number of anilines is 1. The van der Waals surface area contributed by atoms with Crippen molar-refractivity contribution >= 4 is 5.82 Å². The second kappa shape index (κ2) is 7.40. The Labute approximate surface area is 115 Å². The molecular formula is C14H25N3O2. The van der Waals surface area contributed by atoms with Crippen molar-refractivity contribution in [2.45, 2.75) is 46.3 Å². The molecule has 0 amide bonds. The molecular weight excluding hydrogens is 242 g/mol. The van der Waals surface area contributed by atoms with E-state index in [9.17, 15) is 0 Å². The third-order valence-corrected chi connectivity index (χ3v) is 2.67. The number of nitrogens with one attached hydrogen (secondary N) is 1. The number of ether oxygens (including phenoxy) is 2. The maximum atomic E-state index is 5.71. The van der Waals surface area contributed by atoms with E-state index in [2.05, 4.69) is 22.2 Å². The summed E-state index contributed by atoms with van der Waals surface area (Å²) in [5, 5.41) is 3.29. The van der Waals surface area contributed by atoms with Crippen LogP contribution in [0, 0.1) is 0 Å². The summed E-state index contributed by atoms with van der Waals surface area (Å²) < 4.78 is 10.9. The first-order chi connectivity index (χ1) is 9.03. The zero-order valence-electron chi connectivity index (χ0n) is 12.6. The van der Waals surface area contributed by atoms with E-state index in [1.807, 2.05) is 26.8 Å². The fourth-order valence-electron chi connectivity index (χ4n) is 1.76. The molecule has 0 atom stereocenters. The summed E-state index contributed by atoms with van der Waals surface area (Å²) in [6, 6.07) is 1.92. The van der Waals surface area contributed by atoms with E-state index in [1.165, 1.54) is 0 Å². The number of rotatable bonds is 8. The van der Waals surface area contributed by atoms with E-state index in [4.69, 9.17) is 9.47 Å². The van der Waals surface area contributed by atoms with Gasteiger partial charge < -0.3 is 14.8 Å². The molecule has 0 bridgehead atoms. The van der Waals surface area contributed by atoms with Crippen LogP contribution in [0.3, 0.4) is 0 Å². The highest BCUT2D eigenvalue weighted by Crippen LogP contribution is 2.23. The van der Waals surface area contributed by atoms with Gasteiger partial charge in [0.2, 0.25) is 0 Å². The van der Waals surface area contributed by atoms with Gasteiger partial charge >= 0.3 is 0 Å². The zero-order valence-corrected chi connectivity index (χ0v) is 12.6. The Morgan fingerprint density at radius 1 is 1.26 bits per heavy atom. The van der Waals surface area contributed by atoms with Crippen LogP contribution >= 0.6 is 0 Å². The van der Waals surface area contributed by atoms with Gasteiger partial charge in [-0.1, -0.05) is 6.92 Å². The Morgan fingerprint density at radius 2 is 2.00 bits per heavy atom. The largest absolute Gasteiger partial charge is 0.378 e. The predicted molar refractivity (Wildman–Crippen MR) is 76.2 cm³/mol. The molecule has 0 spiro atoms. The topological polar surface area (TPSA) is 56.3 Å². The highest BCUT2D eigenvalue weighted by atomic mass is 16.5. The molecule has 1 N–H and O–H groups in total. The van der Waals surface area contributed by atoms with Crippen LogP contribution in [0.2, 0.25) is 0 Å². The molecule has 5 heteroatoms. The third kappa shape index (κ3) is 4.76. The Morgan fingerprint density at radius 3 is 2.58 bits per heavy atom. The van der Waals surface area contributed by atoms with Crippen molar-refractivity contribution in [1.29, 1.82) is 0 Å². The minimum atomic E-state index is -0.499. The molecule has 1 heterocycles. The van der Waals surface area contributed by atoms with Gasteiger partial charge in [-0.2, -0.15) is 0 Å². The normalized spacial score (nSPS) is 11.6. The van der Waals surface area contributed by atoms with Crippen molar-refractivity contribution in [1.82, 2.24) is 9.97 Å². The number of nitrogens with zero attached hydrogens (tertiary/aromatic N) is 2. The molecule has 0 saturated carbocycles. The summed E-state index contributed by atoms with van der Waals surface area (Å²) in [4.78, 5) is 9.06. The van der Waals surface area contributed by atoms with Gasteiger partial charge in [0.25, 0.3) is 0 Å². The molecule has 0 saturated heterocycles. The summed E-state index contributed by atoms with van der Waals surface area (Å²) in [6.07, 6.45) is 1.05. The minimum absolute atomic E-state index is 0.471. The van der Waals surface area contributed by atoms with Gasteiger partial charge in [-0.3, -0.25) is 0 Å². The first-order valence-corrected chi connectivity index (χ1v) is 6.78. The van der Waals surface area contributed by atoms with Crippen LogP contribution in [-0.4, -0.2) is 30.2 Å². The van der Waals surface area contributed by atoms with E-state index in [0.29, 0.717) is 19.0 Å². The molecule has 0 aliphatic rings. The monoisotopic (exact) mass is 267 g/mol. The molecule has 0 aromatic carbocycles. The van der Waals surface area contributed by atoms with Gasteiger partial charge in [0.1, 0.15) is 11.4 Å². The Hall–Kier alpha value is -1.20. The quantitative estimate of drug-likeness (QED) is 0.785. The zero-order chi connectivity index (χ0) is 14.3. The van der Waals surface area contributed by atoms with E-state index >= 15 is 0 Å². The lowest BCUT2D eigenvalue weighted by Gasteiger charge is -2.24. The molecule has 108 valence electrons. The van der Waals surface area contributed by atoms with Crippen LogP contribution in [0.4, 0.5) is 5.82 Å². The second-order valence-electron chi connectivity index (χ2n) is 4.87. The molecule has 0 fully saturated rings. The molecule has 0 radical (unpaired) electrons. The standard InChI is InChI=1S/C14H25N3O2/c1-6-8-15-12-9-11(10-18-5)16-13(17-12)14(3,4)19-7-2/h9H,6-8,10H2,1-5H3,(H,15,16,17). The number of hydrogen-bond donors (Lipinski definition) is 1. The molecule has 5 nitrogen and oxygen atoms in total. The fraction of sp³-hybridized carbons (Fsp3) is 0.714. The number of aromatic nitrogens is 2. The van der Waals surface area contributed by atoms with Crippen molar-refractivity contribution in [2.75, 3.05) is 25.6 Å². The van der Waals surface area contributed by atoms with Crippen LogP contribution in [0.1, 0.15) is 45.6 Å². The first kappa shape index (κ1) is 15.9. The maximum absolute atomic E-state index is 5.71. The lowest BCUT2D eigenvalue weighted by molar-refractivity contribution is -0.0210. The van der Waals surface area contributed by atoms with Crippen molar-refractivity contribution in [3.8, 4) is 0 Å². The summed E-state index contributed by atoms with van der Waals surface area (Å²) >= 11 is 0. The van der Waals surface area contributed by atoms with Crippen molar-refractivity contribution in [3.63, 3.8) is 0 Å². The molecule has 0 aliphatic heterocycles. The van der Waals surface area contributed by atoms with Crippen molar-refractivity contribution in [3.05, 3.63) is 17.6 Å². The lowest BCUT2D eigenvalue weighted by atomic mass is 10.1. The SMILES string of the molecule is CCCNc1cc(COC)nc(C(C)(C)OCC)n1. The van der Waals surface area contributed by atoms with Crippen LogP contribution in [0.5, 0.6) is 0 Å². The molecule has 0 aliphatic carbocycles. The highest BCUT2D eigenvalue weighted by Gasteiger charge is 2.25. The van der Waals surface area contributed by atoms with Crippen LogP contribution in [0.15, 0.2) is 6.07 Å². The van der Waals surface area contributed by atoms with Crippen molar-refractivity contribution < 1.29 is 9.47 Å². The van der Waals surface area contributed by atoms with E-state index in [0.717, 1.165) is 24.5 Å². The molecule has 19 heavy (non-hydrogen) atoms. The molecule has 1 rings (SSSR count). The van der Waals surface area contributed by atoms with Gasteiger partial charge in [-0.15, -0.1) is 0 Å². The van der Waals surface area contributed by atoms with Crippen LogP contribution in [0.25, 0.3) is 0 Å². The summed E-state index contributed by atoms with van der Waals surface area (Å²) in [5.74, 6) is 1.51.